The molecule has 0 saturated carbocycles. The minimum atomic E-state index is -1.14. The summed E-state index contributed by atoms with van der Waals surface area (Å²) in [6.07, 6.45) is -1.55. The number of carboxylic acid groups (broad SMARTS) is 1. The molecule has 0 bridgehead atoms. The molecule has 25 heavy (non-hydrogen) atoms. The molecule has 0 aliphatic rings. The van der Waals surface area contributed by atoms with Crippen LogP contribution in [0.2, 0.25) is 0 Å². The van der Waals surface area contributed by atoms with E-state index in [9.17, 15) is 9.90 Å². The lowest BCUT2D eigenvalue weighted by atomic mass is 10.0. The van der Waals surface area contributed by atoms with Crippen molar-refractivity contribution < 1.29 is 19.7 Å². The largest absolute Gasteiger partial charge is 0.497 e. The number of hydrogen-bond donors (Lipinski definition) is 4. The topological polar surface area (TPSA) is 90.8 Å². The Balaban J connectivity index is 1.87. The maximum Gasteiger partial charge on any atom is 0.404 e. The van der Waals surface area contributed by atoms with Gasteiger partial charge in [0.1, 0.15) is 5.75 Å². The van der Waals surface area contributed by atoms with Gasteiger partial charge < -0.3 is 25.6 Å². The van der Waals surface area contributed by atoms with E-state index in [-0.39, 0.29) is 6.54 Å². The zero-order chi connectivity index (χ0) is 18.1. The maximum absolute atomic E-state index is 11.0. The summed E-state index contributed by atoms with van der Waals surface area (Å²) in [5, 5.41) is 24.9. The molecule has 0 heterocycles. The Kier molecular flexibility index (Phi) is 7.25. The quantitative estimate of drug-likeness (QED) is 0.559. The highest BCUT2D eigenvalue weighted by Crippen LogP contribution is 2.11. The third-order valence-corrected chi connectivity index (χ3v) is 3.91. The minimum Gasteiger partial charge on any atom is -0.497 e. The van der Waals surface area contributed by atoms with Gasteiger partial charge in [-0.3, -0.25) is 0 Å². The average Bonchev–Trinajstić information content (AvgIpc) is 2.62. The molecule has 6 nitrogen and oxygen atoms in total. The fourth-order valence-corrected chi connectivity index (χ4v) is 2.56. The summed E-state index contributed by atoms with van der Waals surface area (Å²) in [4.78, 5) is 11.0. The van der Waals surface area contributed by atoms with Crippen molar-refractivity contribution in [3.8, 4) is 5.75 Å². The second kappa shape index (κ2) is 9.66. The molecule has 0 unspecified atom stereocenters. The molecule has 2 atom stereocenters. The summed E-state index contributed by atoms with van der Waals surface area (Å²) in [5.74, 6) is 0.789. The maximum atomic E-state index is 11.0. The Labute approximate surface area is 147 Å². The van der Waals surface area contributed by atoms with Gasteiger partial charge in [0.25, 0.3) is 0 Å². The van der Waals surface area contributed by atoms with E-state index in [0.717, 1.165) is 16.9 Å². The number of aliphatic hydroxyl groups is 1. The first-order valence-electron chi connectivity index (χ1n) is 8.13. The van der Waals surface area contributed by atoms with E-state index in [4.69, 9.17) is 9.84 Å². The van der Waals surface area contributed by atoms with Crippen LogP contribution in [0.3, 0.4) is 0 Å². The first-order chi connectivity index (χ1) is 12.1. The van der Waals surface area contributed by atoms with Crippen LogP contribution in [-0.4, -0.2) is 42.1 Å². The van der Waals surface area contributed by atoms with Crippen molar-refractivity contribution in [3.63, 3.8) is 0 Å². The van der Waals surface area contributed by atoms with Crippen LogP contribution in [-0.2, 0) is 13.0 Å². The molecule has 0 fully saturated rings. The fourth-order valence-electron chi connectivity index (χ4n) is 2.56. The van der Waals surface area contributed by atoms with Gasteiger partial charge in [-0.15, -0.1) is 0 Å². The third kappa shape index (κ3) is 6.45. The van der Waals surface area contributed by atoms with Crippen molar-refractivity contribution in [2.75, 3.05) is 13.7 Å². The lowest BCUT2D eigenvalue weighted by Crippen LogP contribution is -2.48. The molecule has 6 heteroatoms. The molecular formula is C19H24N2O4. The van der Waals surface area contributed by atoms with Gasteiger partial charge in [-0.1, -0.05) is 42.5 Å². The van der Waals surface area contributed by atoms with Crippen molar-refractivity contribution >= 4 is 6.09 Å². The van der Waals surface area contributed by atoms with E-state index in [2.05, 4.69) is 10.6 Å². The SMILES string of the molecule is COc1ccc(CNC[C@H](O)[C@H](Cc2ccccc2)NC(=O)O)cc1. The lowest BCUT2D eigenvalue weighted by Gasteiger charge is -2.23. The number of hydrogen-bond acceptors (Lipinski definition) is 4. The molecule has 0 aliphatic heterocycles. The van der Waals surface area contributed by atoms with Crippen LogP contribution >= 0.6 is 0 Å². The number of ether oxygens (including phenoxy) is 1. The minimum absolute atomic E-state index is 0.282. The number of amides is 1. The highest BCUT2D eigenvalue weighted by Gasteiger charge is 2.21. The van der Waals surface area contributed by atoms with Crippen LogP contribution in [0.15, 0.2) is 54.6 Å². The van der Waals surface area contributed by atoms with Crippen molar-refractivity contribution in [2.45, 2.75) is 25.1 Å². The number of aliphatic hydroxyl groups excluding tert-OH is 1. The third-order valence-electron chi connectivity index (χ3n) is 3.91. The highest BCUT2D eigenvalue weighted by molar-refractivity contribution is 5.65. The Morgan fingerprint density at radius 3 is 2.36 bits per heavy atom. The van der Waals surface area contributed by atoms with Gasteiger partial charge in [-0.2, -0.15) is 0 Å². The smallest absolute Gasteiger partial charge is 0.404 e. The van der Waals surface area contributed by atoms with E-state index in [1.54, 1.807) is 7.11 Å². The van der Waals surface area contributed by atoms with Crippen LogP contribution < -0.4 is 15.4 Å². The molecule has 2 rings (SSSR count). The zero-order valence-corrected chi connectivity index (χ0v) is 14.2. The Hall–Kier alpha value is -2.57. The molecular weight excluding hydrogens is 320 g/mol. The van der Waals surface area contributed by atoms with Crippen molar-refractivity contribution in [1.29, 1.82) is 0 Å². The first-order valence-corrected chi connectivity index (χ1v) is 8.13. The molecule has 0 aliphatic carbocycles. The molecule has 0 saturated heterocycles. The predicted octanol–water partition coefficient (Wildman–Crippen LogP) is 2.02. The molecule has 4 N–H and O–H groups in total. The Morgan fingerprint density at radius 2 is 1.76 bits per heavy atom. The van der Waals surface area contributed by atoms with Gasteiger partial charge in [0.15, 0.2) is 0 Å². The van der Waals surface area contributed by atoms with E-state index >= 15 is 0 Å². The summed E-state index contributed by atoms with van der Waals surface area (Å²) in [7, 11) is 1.62. The van der Waals surface area contributed by atoms with Crippen LogP contribution in [0.5, 0.6) is 5.75 Å². The normalized spacial score (nSPS) is 13.0. The van der Waals surface area contributed by atoms with E-state index < -0.39 is 18.2 Å². The Morgan fingerprint density at radius 1 is 1.08 bits per heavy atom. The number of benzene rings is 2. The summed E-state index contributed by atoms with van der Waals surface area (Å²) in [6.45, 7) is 0.857. The second-order valence-electron chi connectivity index (χ2n) is 5.79. The molecule has 2 aromatic rings. The summed E-state index contributed by atoms with van der Waals surface area (Å²) < 4.78 is 5.11. The molecule has 0 aromatic heterocycles. The molecule has 0 radical (unpaired) electrons. The first kappa shape index (κ1) is 18.8. The zero-order valence-electron chi connectivity index (χ0n) is 14.2. The molecule has 0 spiro atoms. The molecule has 2 aromatic carbocycles. The molecule has 134 valence electrons. The monoisotopic (exact) mass is 344 g/mol. The van der Waals surface area contributed by atoms with Gasteiger partial charge in [-0.05, 0) is 29.7 Å². The number of carbonyl (C=O) groups is 1. The van der Waals surface area contributed by atoms with Crippen molar-refractivity contribution in [1.82, 2.24) is 10.6 Å². The summed E-state index contributed by atoms with van der Waals surface area (Å²) in [6, 6.07) is 16.5. The number of methoxy groups -OCH3 is 1. The van der Waals surface area contributed by atoms with Crippen LogP contribution in [0.1, 0.15) is 11.1 Å². The second-order valence-corrected chi connectivity index (χ2v) is 5.79. The fraction of sp³-hybridized carbons (Fsp3) is 0.316. The van der Waals surface area contributed by atoms with Crippen LogP contribution in [0.25, 0.3) is 0 Å². The van der Waals surface area contributed by atoms with E-state index in [1.165, 1.54) is 0 Å². The average molecular weight is 344 g/mol. The van der Waals surface area contributed by atoms with Gasteiger partial charge in [0, 0.05) is 13.1 Å². The van der Waals surface area contributed by atoms with Crippen molar-refractivity contribution in [3.05, 3.63) is 65.7 Å². The van der Waals surface area contributed by atoms with Gasteiger partial charge in [-0.25, -0.2) is 4.79 Å². The lowest BCUT2D eigenvalue weighted by molar-refractivity contribution is 0.117. The van der Waals surface area contributed by atoms with Crippen LogP contribution in [0.4, 0.5) is 4.79 Å². The number of nitrogens with one attached hydrogen (secondary N) is 2. The molecule has 1 amide bonds. The van der Waals surface area contributed by atoms with Gasteiger partial charge in [0.05, 0.1) is 19.3 Å². The van der Waals surface area contributed by atoms with Gasteiger partial charge >= 0.3 is 6.09 Å². The van der Waals surface area contributed by atoms with Crippen LogP contribution in [0, 0.1) is 0 Å². The standard InChI is InChI=1S/C19H24N2O4/c1-25-16-9-7-15(8-10-16)12-20-13-18(22)17(21-19(23)24)11-14-5-3-2-4-6-14/h2-10,17-18,20-22H,11-13H2,1H3,(H,23,24)/t17-,18-/m0/s1. The van der Waals surface area contributed by atoms with Crippen molar-refractivity contribution in [2.24, 2.45) is 0 Å². The van der Waals surface area contributed by atoms with E-state index in [1.807, 2.05) is 54.6 Å². The Bertz CT molecular complexity index is 646. The summed E-state index contributed by atoms with van der Waals surface area (Å²) >= 11 is 0. The highest BCUT2D eigenvalue weighted by atomic mass is 16.5. The summed E-state index contributed by atoms with van der Waals surface area (Å²) in [5.41, 5.74) is 2.02. The number of rotatable bonds is 9. The predicted molar refractivity (Wildman–Crippen MR) is 95.8 cm³/mol. The van der Waals surface area contributed by atoms with E-state index in [0.29, 0.717) is 13.0 Å². The van der Waals surface area contributed by atoms with Gasteiger partial charge in [0.2, 0.25) is 0 Å².